The van der Waals surface area contributed by atoms with Crippen LogP contribution in [0.5, 0.6) is 0 Å². The molecule has 1 aromatic heterocycles. The van der Waals surface area contributed by atoms with Gasteiger partial charge in [0, 0.05) is 25.7 Å². The number of fused-ring (bicyclic) bond motifs is 3. The van der Waals surface area contributed by atoms with Crippen molar-refractivity contribution in [2.24, 2.45) is 0 Å². The molecule has 1 unspecified atom stereocenters. The molecule has 4 heteroatoms. The SMILES string of the molecule is CCOC(=S)C(C)(O)c1cccc2sc3ccccc3c12. The molecule has 2 nitrogen and oxygen atoms in total. The van der Waals surface area contributed by atoms with Crippen LogP contribution in [-0.4, -0.2) is 16.8 Å². The summed E-state index contributed by atoms with van der Waals surface area (Å²) in [6.07, 6.45) is 0. The third kappa shape index (κ3) is 2.33. The molecule has 0 saturated carbocycles. The summed E-state index contributed by atoms with van der Waals surface area (Å²) in [5, 5.41) is 13.3. The van der Waals surface area contributed by atoms with E-state index >= 15 is 0 Å². The Morgan fingerprint density at radius 2 is 1.90 bits per heavy atom. The van der Waals surface area contributed by atoms with E-state index in [2.05, 4.69) is 18.2 Å². The minimum atomic E-state index is -1.28. The van der Waals surface area contributed by atoms with E-state index in [-0.39, 0.29) is 5.05 Å². The van der Waals surface area contributed by atoms with Crippen molar-refractivity contribution in [1.29, 1.82) is 0 Å². The van der Waals surface area contributed by atoms with Gasteiger partial charge in [-0.25, -0.2) is 0 Å². The molecule has 0 aliphatic rings. The average Bonchev–Trinajstić information content (AvgIpc) is 2.85. The van der Waals surface area contributed by atoms with Crippen molar-refractivity contribution in [1.82, 2.24) is 0 Å². The van der Waals surface area contributed by atoms with Gasteiger partial charge in [-0.1, -0.05) is 30.3 Å². The topological polar surface area (TPSA) is 29.5 Å². The van der Waals surface area contributed by atoms with Gasteiger partial charge in [0.2, 0.25) is 0 Å². The van der Waals surface area contributed by atoms with Crippen molar-refractivity contribution in [3.8, 4) is 0 Å². The van der Waals surface area contributed by atoms with Gasteiger partial charge in [0.05, 0.1) is 6.61 Å². The van der Waals surface area contributed by atoms with Gasteiger partial charge >= 0.3 is 0 Å². The van der Waals surface area contributed by atoms with E-state index in [1.165, 1.54) is 4.70 Å². The Labute approximate surface area is 133 Å². The van der Waals surface area contributed by atoms with E-state index in [1.807, 2.05) is 31.2 Å². The smallest absolute Gasteiger partial charge is 0.196 e. The number of thiophene rings is 1. The lowest BCUT2D eigenvalue weighted by atomic mass is 9.92. The second-order valence-corrected chi connectivity index (χ2v) is 6.52. The van der Waals surface area contributed by atoms with Gasteiger partial charge in [-0.2, -0.15) is 0 Å². The largest absolute Gasteiger partial charge is 0.484 e. The summed E-state index contributed by atoms with van der Waals surface area (Å²) in [4.78, 5) is 0. The predicted molar refractivity (Wildman–Crippen MR) is 93.1 cm³/mol. The van der Waals surface area contributed by atoms with Gasteiger partial charge in [0.25, 0.3) is 0 Å². The van der Waals surface area contributed by atoms with E-state index < -0.39 is 5.60 Å². The summed E-state index contributed by atoms with van der Waals surface area (Å²) in [6, 6.07) is 14.2. The van der Waals surface area contributed by atoms with Crippen LogP contribution in [0, 0.1) is 0 Å². The number of thiocarbonyl (C=S) groups is 1. The van der Waals surface area contributed by atoms with Gasteiger partial charge in [-0.05, 0) is 38.2 Å². The first-order chi connectivity index (χ1) is 10.1. The number of ether oxygens (including phenoxy) is 1. The van der Waals surface area contributed by atoms with Gasteiger partial charge < -0.3 is 9.84 Å². The Hall–Kier alpha value is -1.49. The molecule has 0 fully saturated rings. The third-order valence-electron chi connectivity index (χ3n) is 3.60. The number of benzene rings is 2. The van der Waals surface area contributed by atoms with Crippen LogP contribution in [0.3, 0.4) is 0 Å². The van der Waals surface area contributed by atoms with E-state index in [0.717, 1.165) is 21.0 Å². The highest BCUT2D eigenvalue weighted by atomic mass is 32.1. The fourth-order valence-corrected chi connectivity index (χ4v) is 3.92. The minimum absolute atomic E-state index is 0.216. The van der Waals surface area contributed by atoms with Crippen LogP contribution in [0.2, 0.25) is 0 Å². The zero-order chi connectivity index (χ0) is 15.0. The van der Waals surface area contributed by atoms with Crippen LogP contribution in [0.15, 0.2) is 42.5 Å². The van der Waals surface area contributed by atoms with Crippen molar-refractivity contribution >= 4 is 48.8 Å². The first kappa shape index (κ1) is 14.4. The lowest BCUT2D eigenvalue weighted by molar-refractivity contribution is 0.104. The first-order valence-electron chi connectivity index (χ1n) is 6.86. The van der Waals surface area contributed by atoms with Crippen LogP contribution < -0.4 is 0 Å². The minimum Gasteiger partial charge on any atom is -0.484 e. The van der Waals surface area contributed by atoms with Crippen LogP contribution in [0.25, 0.3) is 20.2 Å². The molecule has 1 heterocycles. The van der Waals surface area contributed by atoms with Crippen LogP contribution in [0.1, 0.15) is 19.4 Å². The van der Waals surface area contributed by atoms with Crippen LogP contribution >= 0.6 is 23.6 Å². The Bertz CT molecular complexity index is 818. The highest BCUT2D eigenvalue weighted by Crippen LogP contribution is 2.39. The molecule has 0 aliphatic heterocycles. The second kappa shape index (κ2) is 5.37. The molecule has 3 aromatic rings. The van der Waals surface area contributed by atoms with Crippen molar-refractivity contribution in [2.45, 2.75) is 19.4 Å². The summed E-state index contributed by atoms with van der Waals surface area (Å²) in [5.41, 5.74) is -0.481. The molecule has 108 valence electrons. The van der Waals surface area contributed by atoms with E-state index in [0.29, 0.717) is 6.61 Å². The van der Waals surface area contributed by atoms with Gasteiger partial charge in [0.15, 0.2) is 10.7 Å². The highest BCUT2D eigenvalue weighted by Gasteiger charge is 2.32. The Kier molecular flexibility index (Phi) is 3.69. The van der Waals surface area contributed by atoms with Crippen molar-refractivity contribution in [3.63, 3.8) is 0 Å². The maximum absolute atomic E-state index is 10.9. The summed E-state index contributed by atoms with van der Waals surface area (Å²) in [6.45, 7) is 4.02. The van der Waals surface area contributed by atoms with Crippen LogP contribution in [-0.2, 0) is 10.3 Å². The standard InChI is InChI=1S/C17H16O2S2/c1-3-19-16(20)17(2,18)12-8-6-10-14-15(12)11-7-4-5-9-13(11)21-14/h4-10,18H,3H2,1-2H3. The fourth-order valence-electron chi connectivity index (χ4n) is 2.56. The molecule has 1 atom stereocenters. The zero-order valence-corrected chi connectivity index (χ0v) is 13.6. The van der Waals surface area contributed by atoms with E-state index in [4.69, 9.17) is 17.0 Å². The van der Waals surface area contributed by atoms with Crippen molar-refractivity contribution in [2.75, 3.05) is 6.61 Å². The molecule has 0 amide bonds. The zero-order valence-electron chi connectivity index (χ0n) is 11.9. The first-order valence-corrected chi connectivity index (χ1v) is 8.08. The van der Waals surface area contributed by atoms with E-state index in [1.54, 1.807) is 18.3 Å². The molecule has 0 saturated heterocycles. The van der Waals surface area contributed by atoms with Gasteiger partial charge in [0.1, 0.15) is 0 Å². The molecular weight excluding hydrogens is 300 g/mol. The molecule has 0 spiro atoms. The molecule has 0 radical (unpaired) electrons. The molecule has 0 aliphatic carbocycles. The van der Waals surface area contributed by atoms with Gasteiger partial charge in [-0.3, -0.25) is 0 Å². The maximum atomic E-state index is 10.9. The predicted octanol–water partition coefficient (Wildman–Crippen LogP) is 4.63. The summed E-state index contributed by atoms with van der Waals surface area (Å²) < 4.78 is 7.74. The molecule has 21 heavy (non-hydrogen) atoms. The molecular formula is C17H16O2S2. The van der Waals surface area contributed by atoms with Gasteiger partial charge in [-0.15, -0.1) is 11.3 Å². The fraction of sp³-hybridized carbons (Fsp3) is 0.235. The molecule has 2 aromatic carbocycles. The second-order valence-electron chi connectivity index (χ2n) is 5.07. The van der Waals surface area contributed by atoms with Crippen molar-refractivity contribution < 1.29 is 9.84 Å². The Morgan fingerprint density at radius 1 is 1.19 bits per heavy atom. The molecule has 3 rings (SSSR count). The normalized spacial score (nSPS) is 14.2. The highest BCUT2D eigenvalue weighted by molar-refractivity contribution is 7.80. The van der Waals surface area contributed by atoms with Crippen LogP contribution in [0.4, 0.5) is 0 Å². The molecule has 1 N–H and O–H groups in total. The summed E-state index contributed by atoms with van der Waals surface area (Å²) >= 11 is 6.98. The lowest BCUT2D eigenvalue weighted by Gasteiger charge is -2.25. The number of hydrogen-bond donors (Lipinski definition) is 1. The summed E-state index contributed by atoms with van der Waals surface area (Å²) in [5.74, 6) is 0. The Morgan fingerprint density at radius 3 is 2.67 bits per heavy atom. The molecule has 0 bridgehead atoms. The number of rotatable bonds is 3. The lowest BCUT2D eigenvalue weighted by Crippen LogP contribution is -2.32. The monoisotopic (exact) mass is 316 g/mol. The summed E-state index contributed by atoms with van der Waals surface area (Å²) in [7, 11) is 0. The quantitative estimate of drug-likeness (QED) is 0.715. The van der Waals surface area contributed by atoms with Crippen molar-refractivity contribution in [3.05, 3.63) is 48.0 Å². The Balaban J connectivity index is 2.30. The maximum Gasteiger partial charge on any atom is 0.196 e. The average molecular weight is 316 g/mol. The third-order valence-corrected chi connectivity index (χ3v) is 5.25. The number of hydrogen-bond acceptors (Lipinski definition) is 4. The van der Waals surface area contributed by atoms with E-state index in [9.17, 15) is 5.11 Å². The number of aliphatic hydroxyl groups is 1.